The number of nitrogens with zero attached hydrogens (tertiary/aromatic N) is 2. The van der Waals surface area contributed by atoms with Crippen LogP contribution in [0.25, 0.3) is 0 Å². The second-order valence-electron chi connectivity index (χ2n) is 5.65. The van der Waals surface area contributed by atoms with E-state index in [4.69, 9.17) is 16.3 Å². The molecule has 0 aliphatic heterocycles. The summed E-state index contributed by atoms with van der Waals surface area (Å²) in [6.45, 7) is 1.81. The SMILES string of the molecule is Cc1cc(Oc2ccccc2Cl)nc(SCc2ccc(C(F)(F)F)cc2)n1. The van der Waals surface area contributed by atoms with E-state index < -0.39 is 11.7 Å². The fraction of sp³-hybridized carbons (Fsp3) is 0.158. The highest BCUT2D eigenvalue weighted by Crippen LogP contribution is 2.31. The summed E-state index contributed by atoms with van der Waals surface area (Å²) < 4.78 is 43.6. The molecule has 1 heterocycles. The Morgan fingerprint density at radius 2 is 1.74 bits per heavy atom. The van der Waals surface area contributed by atoms with Crippen LogP contribution in [0, 0.1) is 6.92 Å². The first-order chi connectivity index (χ1) is 12.8. The van der Waals surface area contributed by atoms with Gasteiger partial charge in [-0.3, -0.25) is 0 Å². The average molecular weight is 411 g/mol. The molecule has 1 aromatic heterocycles. The third kappa shape index (κ3) is 5.37. The van der Waals surface area contributed by atoms with Crippen molar-refractivity contribution in [3.63, 3.8) is 0 Å². The lowest BCUT2D eigenvalue weighted by Gasteiger charge is -2.09. The lowest BCUT2D eigenvalue weighted by Crippen LogP contribution is -2.04. The van der Waals surface area contributed by atoms with Gasteiger partial charge in [0.25, 0.3) is 0 Å². The Hall–Kier alpha value is -2.25. The molecule has 0 radical (unpaired) electrons. The number of rotatable bonds is 5. The van der Waals surface area contributed by atoms with Crippen molar-refractivity contribution in [2.45, 2.75) is 24.0 Å². The minimum atomic E-state index is -4.34. The smallest absolute Gasteiger partial charge is 0.416 e. The van der Waals surface area contributed by atoms with E-state index in [9.17, 15) is 13.2 Å². The third-order valence-electron chi connectivity index (χ3n) is 3.51. The zero-order valence-corrected chi connectivity index (χ0v) is 15.7. The quantitative estimate of drug-likeness (QED) is 0.353. The average Bonchev–Trinajstić information content (AvgIpc) is 2.61. The van der Waals surface area contributed by atoms with Gasteiger partial charge in [-0.1, -0.05) is 47.6 Å². The van der Waals surface area contributed by atoms with Gasteiger partial charge in [-0.05, 0) is 36.8 Å². The normalized spacial score (nSPS) is 11.4. The van der Waals surface area contributed by atoms with Crippen LogP contribution in [0.1, 0.15) is 16.8 Å². The lowest BCUT2D eigenvalue weighted by atomic mass is 10.1. The van der Waals surface area contributed by atoms with Crippen molar-refractivity contribution in [1.82, 2.24) is 9.97 Å². The van der Waals surface area contributed by atoms with Crippen molar-refractivity contribution in [2.75, 3.05) is 0 Å². The van der Waals surface area contributed by atoms with E-state index in [0.717, 1.165) is 17.7 Å². The first-order valence-electron chi connectivity index (χ1n) is 7.88. The van der Waals surface area contributed by atoms with E-state index in [1.54, 1.807) is 30.3 Å². The van der Waals surface area contributed by atoms with Crippen LogP contribution >= 0.6 is 23.4 Å². The Bertz CT molecular complexity index is 933. The monoisotopic (exact) mass is 410 g/mol. The topological polar surface area (TPSA) is 35.0 Å². The predicted octanol–water partition coefficient (Wildman–Crippen LogP) is 6.54. The zero-order chi connectivity index (χ0) is 19.4. The largest absolute Gasteiger partial charge is 0.437 e. The number of hydrogen-bond donors (Lipinski definition) is 0. The first-order valence-corrected chi connectivity index (χ1v) is 9.24. The minimum Gasteiger partial charge on any atom is -0.437 e. The Balaban J connectivity index is 1.70. The van der Waals surface area contributed by atoms with Gasteiger partial charge >= 0.3 is 6.18 Å². The van der Waals surface area contributed by atoms with E-state index in [2.05, 4.69) is 9.97 Å². The number of thioether (sulfide) groups is 1. The van der Waals surface area contributed by atoms with Crippen LogP contribution in [0.3, 0.4) is 0 Å². The molecule has 0 unspecified atom stereocenters. The van der Waals surface area contributed by atoms with Crippen LogP contribution in [-0.4, -0.2) is 9.97 Å². The van der Waals surface area contributed by atoms with E-state index in [-0.39, 0.29) is 0 Å². The molecular formula is C19H14ClF3N2OS. The summed E-state index contributed by atoms with van der Waals surface area (Å²) >= 11 is 7.40. The van der Waals surface area contributed by atoms with E-state index in [1.165, 1.54) is 23.9 Å². The molecule has 0 saturated carbocycles. The Morgan fingerprint density at radius 3 is 2.41 bits per heavy atom. The summed E-state index contributed by atoms with van der Waals surface area (Å²) in [6.07, 6.45) is -4.34. The molecule has 0 aliphatic carbocycles. The molecule has 0 amide bonds. The van der Waals surface area contributed by atoms with Gasteiger partial charge in [0, 0.05) is 17.5 Å². The molecule has 0 N–H and O–H groups in total. The molecule has 3 nitrogen and oxygen atoms in total. The Kier molecular flexibility index (Phi) is 5.92. The molecule has 0 bridgehead atoms. The van der Waals surface area contributed by atoms with Gasteiger partial charge in [0.05, 0.1) is 10.6 Å². The van der Waals surface area contributed by atoms with Gasteiger partial charge in [-0.25, -0.2) is 4.98 Å². The molecule has 0 spiro atoms. The summed E-state index contributed by atoms with van der Waals surface area (Å²) in [7, 11) is 0. The highest BCUT2D eigenvalue weighted by atomic mass is 35.5. The number of ether oxygens (including phenoxy) is 1. The molecule has 140 valence electrons. The standard InChI is InChI=1S/C19H14ClF3N2OS/c1-12-10-17(26-16-5-3-2-4-15(16)20)25-18(24-12)27-11-13-6-8-14(9-7-13)19(21,22)23/h2-10H,11H2,1H3. The van der Waals surface area contributed by atoms with Crippen molar-refractivity contribution in [2.24, 2.45) is 0 Å². The molecule has 0 saturated heterocycles. The lowest BCUT2D eigenvalue weighted by molar-refractivity contribution is -0.137. The minimum absolute atomic E-state index is 0.352. The Morgan fingerprint density at radius 1 is 1.04 bits per heavy atom. The van der Waals surface area contributed by atoms with E-state index in [0.29, 0.717) is 33.3 Å². The molecular weight excluding hydrogens is 397 g/mol. The fourth-order valence-electron chi connectivity index (χ4n) is 2.21. The molecule has 27 heavy (non-hydrogen) atoms. The first kappa shape index (κ1) is 19.5. The predicted molar refractivity (Wildman–Crippen MR) is 99.3 cm³/mol. The van der Waals surface area contributed by atoms with Gasteiger partial charge < -0.3 is 4.74 Å². The van der Waals surface area contributed by atoms with Gasteiger partial charge in [0.15, 0.2) is 5.16 Å². The van der Waals surface area contributed by atoms with Crippen molar-refractivity contribution < 1.29 is 17.9 Å². The molecule has 3 rings (SSSR count). The van der Waals surface area contributed by atoms with Gasteiger partial charge in [0.2, 0.25) is 5.88 Å². The fourth-order valence-corrected chi connectivity index (χ4v) is 3.23. The maximum Gasteiger partial charge on any atom is 0.416 e. The molecule has 0 atom stereocenters. The summed E-state index contributed by atoms with van der Waals surface area (Å²) in [5.41, 5.74) is 0.784. The summed E-state index contributed by atoms with van der Waals surface area (Å²) in [6, 6.07) is 13.8. The number of hydrogen-bond acceptors (Lipinski definition) is 4. The molecule has 0 fully saturated rings. The highest BCUT2D eigenvalue weighted by molar-refractivity contribution is 7.98. The van der Waals surface area contributed by atoms with Crippen LogP contribution in [0.5, 0.6) is 11.6 Å². The summed E-state index contributed by atoms with van der Waals surface area (Å²) in [4.78, 5) is 8.66. The maximum absolute atomic E-state index is 12.6. The van der Waals surface area contributed by atoms with Crippen LogP contribution < -0.4 is 4.74 Å². The number of para-hydroxylation sites is 1. The van der Waals surface area contributed by atoms with Crippen molar-refractivity contribution >= 4 is 23.4 Å². The van der Waals surface area contributed by atoms with Crippen molar-refractivity contribution in [3.05, 3.63) is 76.4 Å². The summed E-state index contributed by atoms with van der Waals surface area (Å²) in [5.74, 6) is 1.27. The molecule has 8 heteroatoms. The van der Waals surface area contributed by atoms with Crippen LogP contribution in [0.4, 0.5) is 13.2 Å². The van der Waals surface area contributed by atoms with Gasteiger partial charge in [-0.2, -0.15) is 18.2 Å². The van der Waals surface area contributed by atoms with Crippen molar-refractivity contribution in [3.8, 4) is 11.6 Å². The van der Waals surface area contributed by atoms with E-state index >= 15 is 0 Å². The maximum atomic E-state index is 12.6. The molecule has 2 aromatic carbocycles. The summed E-state index contributed by atoms with van der Waals surface area (Å²) in [5, 5.41) is 0.935. The number of alkyl halides is 3. The van der Waals surface area contributed by atoms with Crippen LogP contribution in [-0.2, 0) is 11.9 Å². The number of benzene rings is 2. The molecule has 3 aromatic rings. The second-order valence-corrected chi connectivity index (χ2v) is 7.00. The molecule has 0 aliphatic rings. The number of halogens is 4. The number of aromatic nitrogens is 2. The highest BCUT2D eigenvalue weighted by Gasteiger charge is 2.29. The second kappa shape index (κ2) is 8.19. The zero-order valence-electron chi connectivity index (χ0n) is 14.1. The van der Waals surface area contributed by atoms with Gasteiger partial charge in [-0.15, -0.1) is 0 Å². The van der Waals surface area contributed by atoms with Crippen LogP contribution in [0.15, 0.2) is 59.8 Å². The van der Waals surface area contributed by atoms with Gasteiger partial charge in [0.1, 0.15) is 5.75 Å². The van der Waals surface area contributed by atoms with E-state index in [1.807, 2.05) is 6.92 Å². The third-order valence-corrected chi connectivity index (χ3v) is 4.74. The van der Waals surface area contributed by atoms with Crippen molar-refractivity contribution in [1.29, 1.82) is 0 Å². The Labute approximate surface area is 163 Å². The van der Waals surface area contributed by atoms with Crippen LogP contribution in [0.2, 0.25) is 5.02 Å². The number of aryl methyl sites for hydroxylation is 1.